The van der Waals surface area contributed by atoms with Crippen LogP contribution in [0.1, 0.15) is 76.6 Å². The van der Waals surface area contributed by atoms with Gasteiger partial charge in [-0.2, -0.15) is 0 Å². The van der Waals surface area contributed by atoms with Gasteiger partial charge in [-0.1, -0.05) is 69.7 Å². The number of benzene rings is 1. The van der Waals surface area contributed by atoms with E-state index in [1.54, 1.807) is 11.3 Å². The van der Waals surface area contributed by atoms with Gasteiger partial charge in [-0.15, -0.1) is 22.9 Å². The number of hydrogen-bond donors (Lipinski definition) is 0. The smallest absolute Gasteiger partial charge is 0.416 e. The number of cyclic esters (lactones) is 1. The largest absolute Gasteiger partial charge is 0.447 e. The molecule has 0 unspecified atom stereocenters. The summed E-state index contributed by atoms with van der Waals surface area (Å²) in [6.07, 6.45) is 7.34. The minimum Gasteiger partial charge on any atom is -0.447 e. The Bertz CT molecular complexity index is 1280. The molecule has 1 aromatic carbocycles. The highest BCUT2D eigenvalue weighted by atomic mass is 35.5. The highest BCUT2D eigenvalue weighted by molar-refractivity contribution is 7.09. The third-order valence-electron chi connectivity index (χ3n) is 8.62. The van der Waals surface area contributed by atoms with Crippen LogP contribution in [0.2, 0.25) is 18.1 Å². The van der Waals surface area contributed by atoms with E-state index in [0.717, 1.165) is 46.7 Å². The molecule has 1 aromatic heterocycles. The molecule has 1 aliphatic heterocycles. The molecule has 0 spiro atoms. The topological polar surface area (TPSA) is 68.7 Å². The summed E-state index contributed by atoms with van der Waals surface area (Å²) in [6.45, 7) is 17.6. The van der Waals surface area contributed by atoms with Gasteiger partial charge < -0.3 is 9.16 Å². The molecule has 0 bridgehead atoms. The number of allylic oxidation sites excluding steroid dienone is 1. The number of carbonyl (C=O) groups excluding carboxylic acids is 2. The molecular formula is C34H49ClN2O4SSi. The minimum absolute atomic E-state index is 0.0654. The van der Waals surface area contributed by atoms with Crippen LogP contribution >= 0.6 is 22.9 Å². The van der Waals surface area contributed by atoms with Crippen molar-refractivity contribution in [1.82, 2.24) is 9.88 Å². The highest BCUT2D eigenvalue weighted by Crippen LogP contribution is 2.39. The molecule has 3 atom stereocenters. The Balaban J connectivity index is 1.63. The summed E-state index contributed by atoms with van der Waals surface area (Å²) in [5.74, 6) is -0.0246. The van der Waals surface area contributed by atoms with Crippen molar-refractivity contribution < 1.29 is 18.8 Å². The van der Waals surface area contributed by atoms with Gasteiger partial charge >= 0.3 is 6.09 Å². The molecule has 1 aliphatic rings. The fraction of sp³-hybridized carbons (Fsp3) is 0.559. The monoisotopic (exact) mass is 644 g/mol. The van der Waals surface area contributed by atoms with E-state index in [0.29, 0.717) is 18.7 Å². The molecule has 0 aliphatic carbocycles. The second-order valence-electron chi connectivity index (χ2n) is 13.2. The fourth-order valence-corrected chi connectivity index (χ4v) is 7.05. The Labute approximate surface area is 268 Å². The first-order valence-electron chi connectivity index (χ1n) is 15.3. The summed E-state index contributed by atoms with van der Waals surface area (Å²) in [4.78, 5) is 31.7. The van der Waals surface area contributed by atoms with Gasteiger partial charge in [-0.05, 0) is 81.3 Å². The zero-order chi connectivity index (χ0) is 31.8. The Kier molecular flexibility index (Phi) is 12.8. The van der Waals surface area contributed by atoms with E-state index in [1.165, 1.54) is 4.90 Å². The van der Waals surface area contributed by atoms with Crippen LogP contribution in [-0.2, 0) is 20.4 Å². The summed E-state index contributed by atoms with van der Waals surface area (Å²) >= 11 is 8.05. The maximum atomic E-state index is 13.3. The normalized spacial score (nSPS) is 18.1. The average molecular weight is 645 g/mol. The van der Waals surface area contributed by atoms with Gasteiger partial charge in [0.2, 0.25) is 5.91 Å². The van der Waals surface area contributed by atoms with Crippen molar-refractivity contribution in [1.29, 1.82) is 0 Å². The highest BCUT2D eigenvalue weighted by Gasteiger charge is 2.40. The molecule has 2 amide bonds. The first kappa shape index (κ1) is 35.2. The molecule has 2 heterocycles. The van der Waals surface area contributed by atoms with Crippen LogP contribution in [-0.4, -0.2) is 54.8 Å². The van der Waals surface area contributed by atoms with Gasteiger partial charge in [0, 0.05) is 17.2 Å². The predicted octanol–water partition coefficient (Wildman–Crippen LogP) is 9.20. The quantitative estimate of drug-likeness (QED) is 0.116. The van der Waals surface area contributed by atoms with Gasteiger partial charge in [-0.25, -0.2) is 14.7 Å². The number of thiazole rings is 1. The number of aryl methyl sites for hydroxylation is 1. The summed E-state index contributed by atoms with van der Waals surface area (Å²) in [7, 11) is -2.03. The van der Waals surface area contributed by atoms with Crippen molar-refractivity contribution in [3.8, 4) is 0 Å². The van der Waals surface area contributed by atoms with Gasteiger partial charge in [0.1, 0.15) is 6.61 Å². The van der Waals surface area contributed by atoms with Crippen LogP contribution < -0.4 is 0 Å². The summed E-state index contributed by atoms with van der Waals surface area (Å²) in [5, 5.41) is 3.22. The number of alkyl halides is 1. The fourth-order valence-electron chi connectivity index (χ4n) is 4.89. The van der Waals surface area contributed by atoms with E-state index in [9.17, 15) is 9.59 Å². The number of rotatable bonds is 14. The van der Waals surface area contributed by atoms with E-state index in [1.807, 2.05) is 44.2 Å². The van der Waals surface area contributed by atoms with E-state index in [4.69, 9.17) is 20.8 Å². The van der Waals surface area contributed by atoms with Crippen molar-refractivity contribution in [3.63, 3.8) is 0 Å². The van der Waals surface area contributed by atoms with Crippen LogP contribution in [0.15, 0.2) is 52.9 Å². The Morgan fingerprint density at radius 2 is 1.98 bits per heavy atom. The van der Waals surface area contributed by atoms with Crippen molar-refractivity contribution in [2.45, 2.75) is 104 Å². The maximum absolute atomic E-state index is 13.3. The van der Waals surface area contributed by atoms with E-state index in [-0.39, 0.29) is 35.6 Å². The van der Waals surface area contributed by atoms with Crippen LogP contribution in [0, 0.1) is 12.8 Å². The van der Waals surface area contributed by atoms with Crippen molar-refractivity contribution in [2.75, 3.05) is 12.5 Å². The van der Waals surface area contributed by atoms with Crippen molar-refractivity contribution in [2.24, 2.45) is 5.92 Å². The van der Waals surface area contributed by atoms with Crippen LogP contribution in [0.25, 0.3) is 6.08 Å². The number of ether oxygens (including phenoxy) is 1. The SMILES string of the molecule is C/C(=C\c1csc(C)n1)[C@H](C/C=C(/CCl)CCC[C@H](C)C(=O)N1C(=O)OC[C@@H]1Cc1ccccc1)O[Si](C)(C)C(C)(C)C. The van der Waals surface area contributed by atoms with Gasteiger partial charge in [0.25, 0.3) is 0 Å². The van der Waals surface area contributed by atoms with E-state index >= 15 is 0 Å². The predicted molar refractivity (Wildman–Crippen MR) is 181 cm³/mol. The lowest BCUT2D eigenvalue weighted by Gasteiger charge is -2.39. The second kappa shape index (κ2) is 15.6. The zero-order valence-electron chi connectivity index (χ0n) is 27.1. The van der Waals surface area contributed by atoms with Crippen LogP contribution in [0.3, 0.4) is 0 Å². The number of hydrogen-bond acceptors (Lipinski definition) is 6. The number of halogens is 1. The average Bonchev–Trinajstić information content (AvgIpc) is 3.52. The van der Waals surface area contributed by atoms with Crippen molar-refractivity contribution in [3.05, 3.63) is 69.2 Å². The van der Waals surface area contributed by atoms with Crippen molar-refractivity contribution >= 4 is 49.3 Å². The molecule has 1 fully saturated rings. The third kappa shape index (κ3) is 10.1. The molecule has 2 aromatic rings. The number of aromatic nitrogens is 1. The molecular weight excluding hydrogens is 596 g/mol. The van der Waals surface area contributed by atoms with Gasteiger partial charge in [0.15, 0.2) is 8.32 Å². The molecule has 0 N–H and O–H groups in total. The van der Waals surface area contributed by atoms with E-state index in [2.05, 4.69) is 63.3 Å². The first-order valence-corrected chi connectivity index (χ1v) is 19.6. The first-order chi connectivity index (χ1) is 20.2. The maximum Gasteiger partial charge on any atom is 0.416 e. The third-order valence-corrected chi connectivity index (χ3v) is 14.2. The Hall–Kier alpha value is -2.26. The molecule has 9 heteroatoms. The number of imide groups is 1. The van der Waals surface area contributed by atoms with Crippen LogP contribution in [0.5, 0.6) is 0 Å². The van der Waals surface area contributed by atoms with E-state index < -0.39 is 14.4 Å². The van der Waals surface area contributed by atoms with Gasteiger partial charge in [-0.3, -0.25) is 4.79 Å². The molecule has 1 saturated heterocycles. The Morgan fingerprint density at radius 3 is 2.58 bits per heavy atom. The standard InChI is InChI=1S/C34H49ClN2O4SSi/c1-24(32(38)37-30(22-40-33(37)39)20-27-14-10-9-11-15-27)13-12-16-28(21-35)17-18-31(41-43(7,8)34(4,5)6)25(2)19-29-23-42-26(3)36-29/h9-11,14-15,17,19,23-24,30-31H,12-13,16,18,20-22H2,1-8H3/b25-19+,28-17+/t24-,30-,31-/m0/s1. The molecule has 3 rings (SSSR count). The van der Waals surface area contributed by atoms with Gasteiger partial charge in [0.05, 0.1) is 22.8 Å². The molecule has 43 heavy (non-hydrogen) atoms. The minimum atomic E-state index is -2.03. The number of carbonyl (C=O) groups is 2. The molecule has 6 nitrogen and oxygen atoms in total. The number of nitrogens with zero attached hydrogens (tertiary/aromatic N) is 2. The number of amides is 2. The zero-order valence-corrected chi connectivity index (χ0v) is 29.7. The molecule has 0 radical (unpaired) electrons. The molecule has 236 valence electrons. The summed E-state index contributed by atoms with van der Waals surface area (Å²) in [5.41, 5.74) is 4.35. The van der Waals surface area contributed by atoms with Crippen LogP contribution in [0.4, 0.5) is 4.79 Å². The lowest BCUT2D eigenvalue weighted by molar-refractivity contribution is -0.133. The molecule has 0 saturated carbocycles. The second-order valence-corrected chi connectivity index (χ2v) is 19.3. The summed E-state index contributed by atoms with van der Waals surface area (Å²) in [6, 6.07) is 9.62. The lowest BCUT2D eigenvalue weighted by Crippen LogP contribution is -2.44. The summed E-state index contributed by atoms with van der Waals surface area (Å²) < 4.78 is 12.2. The Morgan fingerprint density at radius 1 is 1.28 bits per heavy atom. The lowest BCUT2D eigenvalue weighted by atomic mass is 9.98.